The number of aliphatic hydroxyl groups excluding tert-OH is 1. The van der Waals surface area contributed by atoms with Crippen molar-refractivity contribution in [1.82, 2.24) is 24.6 Å². The fraction of sp³-hybridized carbons (Fsp3) is 0.529. The van der Waals surface area contributed by atoms with E-state index in [9.17, 15) is 4.79 Å². The number of piperidine rings is 1. The van der Waals surface area contributed by atoms with Crippen molar-refractivity contribution in [3.05, 3.63) is 35.5 Å². The zero-order valence-corrected chi connectivity index (χ0v) is 14.1. The number of aromatic nitrogens is 4. The fourth-order valence-electron chi connectivity index (χ4n) is 3.53. The van der Waals surface area contributed by atoms with Crippen LogP contribution in [0.4, 0.5) is 5.82 Å². The third-order valence-corrected chi connectivity index (χ3v) is 4.86. The molecule has 0 spiro atoms. The minimum Gasteiger partial charge on any atom is -0.394 e. The quantitative estimate of drug-likeness (QED) is 0.885. The molecule has 0 unspecified atom stereocenters. The minimum atomic E-state index is -0.0304. The van der Waals surface area contributed by atoms with Gasteiger partial charge in [0, 0.05) is 25.2 Å². The van der Waals surface area contributed by atoms with Gasteiger partial charge in [-0.05, 0) is 19.3 Å². The van der Waals surface area contributed by atoms with E-state index >= 15 is 0 Å². The Bertz CT molecular complexity index is 768. The van der Waals surface area contributed by atoms with Crippen LogP contribution < -0.4 is 4.90 Å². The summed E-state index contributed by atoms with van der Waals surface area (Å²) in [5.41, 5.74) is 2.62. The van der Waals surface area contributed by atoms with Crippen molar-refractivity contribution >= 4 is 11.7 Å². The largest absolute Gasteiger partial charge is 0.394 e. The molecule has 2 aliphatic heterocycles. The van der Waals surface area contributed by atoms with Crippen molar-refractivity contribution in [3.63, 3.8) is 0 Å². The van der Waals surface area contributed by atoms with Crippen LogP contribution in [-0.4, -0.2) is 55.4 Å². The van der Waals surface area contributed by atoms with Gasteiger partial charge in [-0.1, -0.05) is 0 Å². The molecule has 25 heavy (non-hydrogen) atoms. The lowest BCUT2D eigenvalue weighted by molar-refractivity contribution is 0.0718. The number of aliphatic hydroxyl groups is 1. The average Bonchev–Trinajstić information content (AvgIpc) is 3.24. The molecule has 2 aromatic rings. The number of carbonyl (C=O) groups is 1. The lowest BCUT2D eigenvalue weighted by Crippen LogP contribution is -2.36. The van der Waals surface area contributed by atoms with Gasteiger partial charge in [0.05, 0.1) is 44.0 Å². The molecule has 0 bridgehead atoms. The molecule has 1 N–H and O–H groups in total. The Morgan fingerprint density at radius 2 is 1.96 bits per heavy atom. The van der Waals surface area contributed by atoms with Crippen molar-refractivity contribution in [2.45, 2.75) is 38.9 Å². The number of anilines is 1. The zero-order chi connectivity index (χ0) is 17.2. The highest BCUT2D eigenvalue weighted by atomic mass is 16.3. The summed E-state index contributed by atoms with van der Waals surface area (Å²) in [6.07, 6.45) is 8.39. The van der Waals surface area contributed by atoms with Crippen molar-refractivity contribution < 1.29 is 9.90 Å². The van der Waals surface area contributed by atoms with Crippen LogP contribution in [-0.2, 0) is 19.6 Å². The van der Waals surface area contributed by atoms with Gasteiger partial charge in [0.15, 0.2) is 0 Å². The molecule has 1 fully saturated rings. The second-order valence-electron chi connectivity index (χ2n) is 6.53. The smallest absolute Gasteiger partial charge is 0.274 e. The highest BCUT2D eigenvalue weighted by Crippen LogP contribution is 2.26. The van der Waals surface area contributed by atoms with E-state index in [1.165, 1.54) is 6.42 Å². The molecule has 0 atom stereocenters. The molecular formula is C17H22N6O2. The fourth-order valence-corrected chi connectivity index (χ4v) is 3.53. The second kappa shape index (κ2) is 6.79. The third kappa shape index (κ3) is 3.09. The highest BCUT2D eigenvalue weighted by Gasteiger charge is 2.26. The Morgan fingerprint density at radius 3 is 2.76 bits per heavy atom. The Hall–Kier alpha value is -2.48. The molecule has 1 saturated heterocycles. The topological polar surface area (TPSA) is 87.4 Å². The summed E-state index contributed by atoms with van der Waals surface area (Å²) in [4.78, 5) is 25.4. The molecule has 0 saturated carbocycles. The van der Waals surface area contributed by atoms with Gasteiger partial charge in [0.1, 0.15) is 11.5 Å². The van der Waals surface area contributed by atoms with Crippen LogP contribution in [0.5, 0.6) is 0 Å². The maximum atomic E-state index is 12.6. The van der Waals surface area contributed by atoms with Gasteiger partial charge >= 0.3 is 0 Å². The van der Waals surface area contributed by atoms with Crippen molar-refractivity contribution in [2.24, 2.45) is 0 Å². The summed E-state index contributed by atoms with van der Waals surface area (Å²) in [5.74, 6) is 0.673. The van der Waals surface area contributed by atoms with E-state index in [0.717, 1.165) is 37.2 Å². The lowest BCUT2D eigenvalue weighted by atomic mass is 10.1. The second-order valence-corrected chi connectivity index (χ2v) is 6.53. The van der Waals surface area contributed by atoms with Gasteiger partial charge in [-0.2, -0.15) is 5.10 Å². The van der Waals surface area contributed by atoms with Crippen molar-refractivity contribution in [3.8, 4) is 0 Å². The predicted octanol–water partition coefficient (Wildman–Crippen LogP) is 0.812. The molecule has 2 aromatic heterocycles. The molecule has 0 aliphatic carbocycles. The van der Waals surface area contributed by atoms with Gasteiger partial charge in [0.2, 0.25) is 0 Å². The molecule has 0 aromatic carbocycles. The van der Waals surface area contributed by atoms with Crippen LogP contribution in [0.3, 0.4) is 0 Å². The van der Waals surface area contributed by atoms with E-state index < -0.39 is 0 Å². The first-order chi connectivity index (χ1) is 12.3. The van der Waals surface area contributed by atoms with E-state index in [-0.39, 0.29) is 12.5 Å². The molecule has 1 amide bonds. The number of nitrogens with zero attached hydrogens (tertiary/aromatic N) is 6. The van der Waals surface area contributed by atoms with Crippen LogP contribution in [0, 0.1) is 0 Å². The molecule has 0 radical (unpaired) electrons. The van der Waals surface area contributed by atoms with Crippen molar-refractivity contribution in [1.29, 1.82) is 0 Å². The van der Waals surface area contributed by atoms with E-state index in [0.29, 0.717) is 31.1 Å². The van der Waals surface area contributed by atoms with Gasteiger partial charge in [-0.15, -0.1) is 0 Å². The standard InChI is InChI=1S/C17H22N6O2/c24-7-6-23-15-12-22(11-13(15)8-19-23)16-10-18-9-14(20-16)17(25)21-4-2-1-3-5-21/h8-10,24H,1-7,11-12H2. The Balaban J connectivity index is 1.51. The summed E-state index contributed by atoms with van der Waals surface area (Å²) < 4.78 is 1.82. The van der Waals surface area contributed by atoms with Gasteiger partial charge in [-0.3, -0.25) is 14.5 Å². The SMILES string of the molecule is O=C(c1cncc(N2Cc3cnn(CCO)c3C2)n1)N1CCCCC1. The monoisotopic (exact) mass is 342 g/mol. The van der Waals surface area contributed by atoms with Crippen LogP contribution in [0.2, 0.25) is 0 Å². The Morgan fingerprint density at radius 1 is 1.12 bits per heavy atom. The van der Waals surface area contributed by atoms with Gasteiger partial charge in [-0.25, -0.2) is 4.98 Å². The van der Waals surface area contributed by atoms with Crippen LogP contribution in [0.15, 0.2) is 18.6 Å². The molecule has 8 heteroatoms. The van der Waals surface area contributed by atoms with E-state index in [2.05, 4.69) is 20.0 Å². The lowest BCUT2D eigenvalue weighted by Gasteiger charge is -2.26. The van der Waals surface area contributed by atoms with Crippen LogP contribution >= 0.6 is 0 Å². The van der Waals surface area contributed by atoms with Gasteiger partial charge < -0.3 is 14.9 Å². The Kier molecular flexibility index (Phi) is 4.35. The Labute approximate surface area is 146 Å². The maximum absolute atomic E-state index is 12.6. The molecule has 4 rings (SSSR count). The number of hydrogen-bond acceptors (Lipinski definition) is 6. The van der Waals surface area contributed by atoms with E-state index in [4.69, 9.17) is 5.11 Å². The number of rotatable bonds is 4. The molecule has 8 nitrogen and oxygen atoms in total. The first kappa shape index (κ1) is 16.0. The van der Waals surface area contributed by atoms with E-state index in [1.807, 2.05) is 15.8 Å². The van der Waals surface area contributed by atoms with Crippen LogP contribution in [0.25, 0.3) is 0 Å². The number of likely N-dealkylation sites (tertiary alicyclic amines) is 1. The minimum absolute atomic E-state index is 0.0304. The zero-order valence-electron chi connectivity index (χ0n) is 14.1. The van der Waals surface area contributed by atoms with E-state index in [1.54, 1.807) is 12.4 Å². The first-order valence-electron chi connectivity index (χ1n) is 8.77. The highest BCUT2D eigenvalue weighted by molar-refractivity contribution is 5.92. The van der Waals surface area contributed by atoms with Gasteiger partial charge in [0.25, 0.3) is 5.91 Å². The predicted molar refractivity (Wildman–Crippen MR) is 91.0 cm³/mol. The number of hydrogen-bond donors (Lipinski definition) is 1. The third-order valence-electron chi connectivity index (χ3n) is 4.86. The molecular weight excluding hydrogens is 320 g/mol. The summed E-state index contributed by atoms with van der Waals surface area (Å²) in [5, 5.41) is 13.4. The first-order valence-corrected chi connectivity index (χ1v) is 8.77. The summed E-state index contributed by atoms with van der Waals surface area (Å²) in [7, 11) is 0. The number of amides is 1. The van der Waals surface area contributed by atoms with Crippen LogP contribution in [0.1, 0.15) is 41.0 Å². The molecule has 2 aliphatic rings. The summed E-state index contributed by atoms with van der Waals surface area (Å²) in [6, 6.07) is 0. The summed E-state index contributed by atoms with van der Waals surface area (Å²) in [6.45, 7) is 3.51. The normalized spacial score (nSPS) is 17.0. The maximum Gasteiger partial charge on any atom is 0.274 e. The number of carbonyl (C=O) groups excluding carboxylic acids is 1. The average molecular weight is 342 g/mol. The number of fused-ring (bicyclic) bond motifs is 1. The summed E-state index contributed by atoms with van der Waals surface area (Å²) >= 11 is 0. The van der Waals surface area contributed by atoms with Crippen molar-refractivity contribution in [2.75, 3.05) is 24.6 Å². The molecule has 132 valence electrons. The molecule has 4 heterocycles.